The molecule has 0 spiro atoms. The van der Waals surface area contributed by atoms with Crippen molar-refractivity contribution in [2.24, 2.45) is 10.9 Å². The van der Waals surface area contributed by atoms with E-state index in [1.54, 1.807) is 0 Å². The van der Waals surface area contributed by atoms with Gasteiger partial charge in [-0.05, 0) is 31.8 Å². The Kier molecular flexibility index (Phi) is 6.71. The quantitative estimate of drug-likeness (QED) is 0.474. The molecule has 1 nitrogen and oxygen atoms in total. The Labute approximate surface area is 101 Å². The molecule has 0 rings (SSSR count). The SMILES string of the molecule is C=C(/C=C\C(C(C)=NC)=C(\C)CC)C(C)C. The molecule has 0 N–H and O–H groups in total. The monoisotopic (exact) mass is 219 g/mol. The molecule has 0 atom stereocenters. The average Bonchev–Trinajstić information content (AvgIpc) is 2.27. The molecule has 0 heterocycles. The molecule has 0 aliphatic heterocycles. The van der Waals surface area contributed by atoms with Crippen LogP contribution in [0.3, 0.4) is 0 Å². The van der Waals surface area contributed by atoms with Gasteiger partial charge in [0, 0.05) is 12.8 Å². The molecule has 1 heteroatoms. The van der Waals surface area contributed by atoms with Crippen molar-refractivity contribution in [2.45, 2.75) is 41.0 Å². The van der Waals surface area contributed by atoms with Crippen molar-refractivity contribution in [3.05, 3.63) is 35.5 Å². The molecule has 0 fully saturated rings. The predicted octanol–water partition coefficient (Wildman–Crippen LogP) is 4.57. The highest BCUT2D eigenvalue weighted by Crippen LogP contribution is 2.15. The smallest absolute Gasteiger partial charge is 0.0385 e. The first-order chi connectivity index (χ1) is 7.43. The fraction of sp³-hybridized carbons (Fsp3) is 0.533. The highest BCUT2D eigenvalue weighted by Gasteiger charge is 2.02. The van der Waals surface area contributed by atoms with Gasteiger partial charge in [-0.1, -0.05) is 50.6 Å². The van der Waals surface area contributed by atoms with Gasteiger partial charge in [-0.2, -0.15) is 0 Å². The van der Waals surface area contributed by atoms with Gasteiger partial charge in [-0.3, -0.25) is 4.99 Å². The van der Waals surface area contributed by atoms with Crippen molar-refractivity contribution in [2.75, 3.05) is 7.05 Å². The molecule has 0 saturated heterocycles. The summed E-state index contributed by atoms with van der Waals surface area (Å²) >= 11 is 0. The summed E-state index contributed by atoms with van der Waals surface area (Å²) in [6.07, 6.45) is 5.30. The van der Waals surface area contributed by atoms with Gasteiger partial charge in [0.2, 0.25) is 0 Å². The number of allylic oxidation sites excluding steroid dienone is 5. The van der Waals surface area contributed by atoms with E-state index in [4.69, 9.17) is 0 Å². The van der Waals surface area contributed by atoms with Crippen LogP contribution >= 0.6 is 0 Å². The van der Waals surface area contributed by atoms with E-state index >= 15 is 0 Å². The summed E-state index contributed by atoms with van der Waals surface area (Å²) in [7, 11) is 1.84. The van der Waals surface area contributed by atoms with Crippen LogP contribution in [0.2, 0.25) is 0 Å². The van der Waals surface area contributed by atoms with Crippen LogP contribution in [0.4, 0.5) is 0 Å². The van der Waals surface area contributed by atoms with Crippen LogP contribution < -0.4 is 0 Å². The standard InChI is InChI=1S/C15H25N/c1-8-12(4)15(14(6)16-7)10-9-13(5)11(2)3/h9-11H,5,8H2,1-4,6-7H3/b10-9-,15-12+,16-14?. The highest BCUT2D eigenvalue weighted by molar-refractivity contribution is 6.01. The average molecular weight is 219 g/mol. The van der Waals surface area contributed by atoms with E-state index in [0.29, 0.717) is 5.92 Å². The van der Waals surface area contributed by atoms with Gasteiger partial charge in [-0.25, -0.2) is 0 Å². The van der Waals surface area contributed by atoms with Crippen molar-refractivity contribution < 1.29 is 0 Å². The molecular weight excluding hydrogens is 194 g/mol. The van der Waals surface area contributed by atoms with Gasteiger partial charge in [0.05, 0.1) is 0 Å². The summed E-state index contributed by atoms with van der Waals surface area (Å²) in [6, 6.07) is 0. The first-order valence-electron chi connectivity index (χ1n) is 5.94. The highest BCUT2D eigenvalue weighted by atomic mass is 14.7. The van der Waals surface area contributed by atoms with Crippen molar-refractivity contribution in [1.29, 1.82) is 0 Å². The van der Waals surface area contributed by atoms with Gasteiger partial charge in [-0.15, -0.1) is 0 Å². The number of hydrogen-bond acceptors (Lipinski definition) is 1. The third-order valence-corrected chi connectivity index (χ3v) is 2.92. The van der Waals surface area contributed by atoms with E-state index in [-0.39, 0.29) is 0 Å². The van der Waals surface area contributed by atoms with E-state index < -0.39 is 0 Å². The summed E-state index contributed by atoms with van der Waals surface area (Å²) in [5.74, 6) is 0.498. The molecule has 0 bridgehead atoms. The van der Waals surface area contributed by atoms with E-state index in [0.717, 1.165) is 17.7 Å². The number of hydrogen-bond donors (Lipinski definition) is 0. The summed E-state index contributed by atoms with van der Waals surface area (Å²) in [6.45, 7) is 14.7. The zero-order chi connectivity index (χ0) is 12.7. The molecule has 0 unspecified atom stereocenters. The summed E-state index contributed by atoms with van der Waals surface area (Å²) < 4.78 is 0. The van der Waals surface area contributed by atoms with Crippen LogP contribution in [0.15, 0.2) is 40.4 Å². The molecule has 0 aliphatic rings. The number of nitrogens with zero attached hydrogens (tertiary/aromatic N) is 1. The summed E-state index contributed by atoms with van der Waals surface area (Å²) in [5, 5.41) is 0. The molecule has 0 radical (unpaired) electrons. The van der Waals surface area contributed by atoms with Gasteiger partial charge >= 0.3 is 0 Å². The Morgan fingerprint density at radius 3 is 2.19 bits per heavy atom. The second kappa shape index (κ2) is 7.21. The minimum Gasteiger partial charge on any atom is -0.293 e. The van der Waals surface area contributed by atoms with Crippen LogP contribution in [0.1, 0.15) is 41.0 Å². The van der Waals surface area contributed by atoms with Crippen molar-refractivity contribution in [3.8, 4) is 0 Å². The van der Waals surface area contributed by atoms with E-state index in [9.17, 15) is 0 Å². The molecular formula is C15H25N. The first kappa shape index (κ1) is 14.9. The van der Waals surface area contributed by atoms with Gasteiger partial charge in [0.1, 0.15) is 0 Å². The maximum absolute atomic E-state index is 4.26. The Balaban J connectivity index is 5.06. The third-order valence-electron chi connectivity index (χ3n) is 2.92. The lowest BCUT2D eigenvalue weighted by Gasteiger charge is -2.08. The van der Waals surface area contributed by atoms with Gasteiger partial charge < -0.3 is 0 Å². The van der Waals surface area contributed by atoms with E-state index in [2.05, 4.69) is 58.3 Å². The van der Waals surface area contributed by atoms with Gasteiger partial charge in [0.25, 0.3) is 0 Å². The zero-order valence-corrected chi connectivity index (χ0v) is 11.6. The van der Waals surface area contributed by atoms with Crippen molar-refractivity contribution in [1.82, 2.24) is 0 Å². The summed E-state index contributed by atoms with van der Waals surface area (Å²) in [5.41, 5.74) is 4.86. The molecule has 0 aliphatic carbocycles. The lowest BCUT2D eigenvalue weighted by molar-refractivity contribution is 0.795. The van der Waals surface area contributed by atoms with Crippen LogP contribution in [0.25, 0.3) is 0 Å². The zero-order valence-electron chi connectivity index (χ0n) is 11.6. The molecule has 0 amide bonds. The number of rotatable bonds is 5. The minimum absolute atomic E-state index is 0.498. The molecule has 0 aromatic heterocycles. The predicted molar refractivity (Wildman–Crippen MR) is 75.1 cm³/mol. The second-order valence-electron chi connectivity index (χ2n) is 4.42. The molecule has 0 aromatic carbocycles. The topological polar surface area (TPSA) is 12.4 Å². The Hall–Kier alpha value is -1.11. The first-order valence-corrected chi connectivity index (χ1v) is 5.94. The fourth-order valence-electron chi connectivity index (χ4n) is 1.27. The Bertz CT molecular complexity index is 327. The Morgan fingerprint density at radius 1 is 1.25 bits per heavy atom. The second-order valence-corrected chi connectivity index (χ2v) is 4.42. The van der Waals surface area contributed by atoms with Crippen LogP contribution in [0, 0.1) is 5.92 Å². The molecule has 0 saturated carbocycles. The Morgan fingerprint density at radius 2 is 1.81 bits per heavy atom. The van der Waals surface area contributed by atoms with Gasteiger partial charge in [0.15, 0.2) is 0 Å². The largest absolute Gasteiger partial charge is 0.293 e. The van der Waals surface area contributed by atoms with Crippen LogP contribution in [-0.2, 0) is 0 Å². The maximum Gasteiger partial charge on any atom is 0.0385 e. The maximum atomic E-state index is 4.26. The lowest BCUT2D eigenvalue weighted by atomic mass is 9.99. The van der Waals surface area contributed by atoms with E-state index in [1.165, 1.54) is 11.1 Å². The van der Waals surface area contributed by atoms with Crippen LogP contribution in [-0.4, -0.2) is 12.8 Å². The normalized spacial score (nSPS) is 14.6. The minimum atomic E-state index is 0.498. The molecule has 0 aromatic rings. The van der Waals surface area contributed by atoms with E-state index in [1.807, 2.05) is 7.05 Å². The third kappa shape index (κ3) is 4.61. The van der Waals surface area contributed by atoms with Crippen molar-refractivity contribution in [3.63, 3.8) is 0 Å². The number of aliphatic imine (C=N–C) groups is 1. The summed E-state index contributed by atoms with van der Waals surface area (Å²) in [4.78, 5) is 4.26. The lowest BCUT2D eigenvalue weighted by Crippen LogP contribution is -1.98. The van der Waals surface area contributed by atoms with Crippen molar-refractivity contribution >= 4 is 5.71 Å². The molecule has 16 heavy (non-hydrogen) atoms. The molecule has 90 valence electrons. The van der Waals surface area contributed by atoms with Crippen LogP contribution in [0.5, 0.6) is 0 Å². The fourth-order valence-corrected chi connectivity index (χ4v) is 1.27.